The third kappa shape index (κ3) is 14.4. The summed E-state index contributed by atoms with van der Waals surface area (Å²) in [5.41, 5.74) is 1.77. The predicted octanol–water partition coefficient (Wildman–Crippen LogP) is 8.73. The second-order valence-corrected chi connectivity index (χ2v) is 20.3. The molecule has 1 aliphatic carbocycles. The Labute approximate surface area is 390 Å². The van der Waals surface area contributed by atoms with E-state index in [1.807, 2.05) is 71.9 Å². The summed E-state index contributed by atoms with van der Waals surface area (Å²) in [4.78, 5) is 72.3. The predicted molar refractivity (Wildman–Crippen MR) is 251 cm³/mol. The molecule has 3 aliphatic heterocycles. The van der Waals surface area contributed by atoms with Crippen LogP contribution in [0.4, 0.5) is 0 Å². The Morgan fingerprint density at radius 3 is 2.23 bits per heavy atom. The molecule has 9 unspecified atom stereocenters. The molecule has 4 aliphatic rings. The molecule has 65 heavy (non-hydrogen) atoms. The number of rotatable bonds is 6. The number of fused-ring (bicyclic) bond motifs is 3. The summed E-state index contributed by atoms with van der Waals surface area (Å²) < 4.78 is 30.1. The third-order valence-corrected chi connectivity index (χ3v) is 15.3. The van der Waals surface area contributed by atoms with Gasteiger partial charge in [-0.1, -0.05) is 90.5 Å². The molecule has 0 aromatic carbocycles. The van der Waals surface area contributed by atoms with E-state index in [4.69, 9.17) is 23.7 Å². The van der Waals surface area contributed by atoms with Gasteiger partial charge in [-0.05, 0) is 107 Å². The van der Waals surface area contributed by atoms with Crippen LogP contribution in [0, 0.1) is 47.3 Å². The van der Waals surface area contributed by atoms with E-state index in [-0.39, 0.29) is 66.8 Å². The average molecular weight is 910 g/mol. The second kappa shape index (κ2) is 25.2. The molecule has 1 N–H and O–H groups in total. The number of cyclic esters (lactones) is 1. The quantitative estimate of drug-likeness (QED) is 0.155. The summed E-state index contributed by atoms with van der Waals surface area (Å²) in [5, 5.41) is 12.0. The monoisotopic (exact) mass is 910 g/mol. The Hall–Kier alpha value is -3.29. The van der Waals surface area contributed by atoms with Crippen molar-refractivity contribution in [1.29, 1.82) is 0 Å². The lowest BCUT2D eigenvalue weighted by Gasteiger charge is -2.42. The van der Waals surface area contributed by atoms with Crippen LogP contribution in [-0.4, -0.2) is 109 Å². The summed E-state index contributed by atoms with van der Waals surface area (Å²) in [5.74, 6) is -6.38. The standard InChI is InChI=1S/C53H83NO11/c1-32-18-14-13-15-19-33(2)46(62-11)30-42-24-22-39(8)53(60,65-42)50(57)51(58)54-25-17-16-20-43(54)52(59)64-47(37(6)28-41-23-21-34(3)45(29-41)61-10)31-44(55)36(5)27-35(4)40(9)49(63-12)48(56)38(7)26-32/h13-15,18-19,27,32,34,36-43,45-47,49,60H,16-17,20-26,28-31H2,1-12H3/b15-13?,18-14+,33-19?,35-27+/t32?,34-,36?,37?,38-,39-,40-,41?,42?,43+,45?,46?,47?,49?,53-/m1/s1. The van der Waals surface area contributed by atoms with Gasteiger partial charge in [0, 0.05) is 64.4 Å². The number of piperidine rings is 1. The highest BCUT2D eigenvalue weighted by Gasteiger charge is 2.53. The van der Waals surface area contributed by atoms with Crippen molar-refractivity contribution in [3.8, 4) is 0 Å². The first-order valence-corrected chi connectivity index (χ1v) is 24.6. The number of ether oxygens (including phenoxy) is 5. The van der Waals surface area contributed by atoms with Crippen molar-refractivity contribution in [3.63, 3.8) is 0 Å². The number of Topliss-reactive ketones (excluding diaryl/α,β-unsaturated/α-hetero) is 3. The topological polar surface area (TPSA) is 155 Å². The molecule has 3 heterocycles. The Balaban J connectivity index is 1.70. The Kier molecular flexibility index (Phi) is 21.0. The van der Waals surface area contributed by atoms with Crippen molar-refractivity contribution in [1.82, 2.24) is 4.90 Å². The zero-order valence-electron chi connectivity index (χ0n) is 41.7. The van der Waals surface area contributed by atoms with Gasteiger partial charge in [-0.15, -0.1) is 0 Å². The molecule has 0 aromatic rings. The van der Waals surface area contributed by atoms with Crippen molar-refractivity contribution in [2.24, 2.45) is 47.3 Å². The van der Waals surface area contributed by atoms with Crippen molar-refractivity contribution < 1.29 is 52.8 Å². The molecule has 4 rings (SSSR count). The first-order chi connectivity index (χ1) is 30.7. The van der Waals surface area contributed by atoms with Gasteiger partial charge in [-0.3, -0.25) is 19.2 Å². The van der Waals surface area contributed by atoms with Crippen LogP contribution >= 0.6 is 0 Å². The summed E-state index contributed by atoms with van der Waals surface area (Å²) in [6.45, 7) is 17.7. The van der Waals surface area contributed by atoms with E-state index in [0.717, 1.165) is 30.4 Å². The molecule has 1 amide bonds. The molecule has 2 saturated heterocycles. The molecular formula is C53H83NO11. The number of ketones is 3. The van der Waals surface area contributed by atoms with Gasteiger partial charge in [-0.25, -0.2) is 4.79 Å². The van der Waals surface area contributed by atoms with Crippen LogP contribution < -0.4 is 0 Å². The molecule has 2 bridgehead atoms. The minimum Gasteiger partial charge on any atom is -0.460 e. The Morgan fingerprint density at radius 1 is 0.831 bits per heavy atom. The lowest BCUT2D eigenvalue weighted by molar-refractivity contribution is -0.265. The first kappa shape index (κ1) is 54.3. The Morgan fingerprint density at radius 2 is 1.55 bits per heavy atom. The van der Waals surface area contributed by atoms with E-state index in [2.05, 4.69) is 19.9 Å². The van der Waals surface area contributed by atoms with Crippen molar-refractivity contribution in [2.45, 2.75) is 182 Å². The number of carbonyl (C=O) groups is 5. The Bertz CT molecular complexity index is 1750. The zero-order chi connectivity index (χ0) is 48.2. The fourth-order valence-electron chi connectivity index (χ4n) is 10.6. The van der Waals surface area contributed by atoms with Gasteiger partial charge in [0.2, 0.25) is 5.79 Å². The van der Waals surface area contributed by atoms with E-state index in [1.165, 1.54) is 4.90 Å². The smallest absolute Gasteiger partial charge is 0.329 e. The van der Waals surface area contributed by atoms with Crippen LogP contribution in [0.1, 0.15) is 139 Å². The summed E-state index contributed by atoms with van der Waals surface area (Å²) in [6, 6.07) is -1.07. The summed E-state index contributed by atoms with van der Waals surface area (Å²) >= 11 is 0. The van der Waals surface area contributed by atoms with E-state index >= 15 is 0 Å². The van der Waals surface area contributed by atoms with E-state index in [1.54, 1.807) is 28.3 Å². The zero-order valence-corrected chi connectivity index (χ0v) is 41.7. The van der Waals surface area contributed by atoms with E-state index in [9.17, 15) is 29.1 Å². The van der Waals surface area contributed by atoms with Crippen LogP contribution in [-0.2, 0) is 47.7 Å². The molecule has 0 spiro atoms. The molecule has 12 heteroatoms. The maximum atomic E-state index is 14.4. The van der Waals surface area contributed by atoms with Gasteiger partial charge in [0.25, 0.3) is 11.7 Å². The lowest BCUT2D eigenvalue weighted by atomic mass is 9.76. The summed E-state index contributed by atoms with van der Waals surface area (Å²) in [7, 11) is 4.90. The fraction of sp³-hybridized carbons (Fsp3) is 0.755. The highest BCUT2D eigenvalue weighted by Crippen LogP contribution is 2.38. The highest BCUT2D eigenvalue weighted by molar-refractivity contribution is 6.39. The number of allylic oxidation sites excluding steroid dienone is 6. The molecule has 1 saturated carbocycles. The molecule has 3 fully saturated rings. The number of amides is 1. The minimum atomic E-state index is -2.39. The number of esters is 1. The van der Waals surface area contributed by atoms with Gasteiger partial charge < -0.3 is 33.7 Å². The number of hydrogen-bond donors (Lipinski definition) is 1. The van der Waals surface area contributed by atoms with Gasteiger partial charge in [0.1, 0.15) is 24.0 Å². The maximum absolute atomic E-state index is 14.4. The van der Waals surface area contributed by atoms with Crippen LogP contribution in [0.5, 0.6) is 0 Å². The highest BCUT2D eigenvalue weighted by atomic mass is 16.6. The maximum Gasteiger partial charge on any atom is 0.329 e. The van der Waals surface area contributed by atoms with E-state index in [0.29, 0.717) is 56.8 Å². The largest absolute Gasteiger partial charge is 0.460 e. The molecular weight excluding hydrogens is 827 g/mol. The SMILES string of the molecule is COC1CC2CC[C@@H](C)[C@@](O)(O2)C(=O)C(=O)N2CCCC[C@H]2C(=O)OC(C(C)CC2CC[C@@H](C)C(OC)C2)CC(=O)C(C)/C=C(\C)[C@@H](C)C(OC)C(=O)[C@H](C)CC(C)/C=C/C=CC=C1C. The first-order valence-electron chi connectivity index (χ1n) is 24.6. The van der Waals surface area contributed by atoms with Crippen LogP contribution in [0.2, 0.25) is 0 Å². The number of hydrogen-bond acceptors (Lipinski definition) is 11. The fourth-order valence-corrected chi connectivity index (χ4v) is 10.6. The van der Waals surface area contributed by atoms with Crippen LogP contribution in [0.25, 0.3) is 0 Å². The van der Waals surface area contributed by atoms with E-state index < -0.39 is 59.6 Å². The van der Waals surface area contributed by atoms with Crippen molar-refractivity contribution >= 4 is 29.2 Å². The molecule has 0 radical (unpaired) electrons. The molecule has 12 nitrogen and oxygen atoms in total. The average Bonchev–Trinajstić information content (AvgIpc) is 3.28. The minimum absolute atomic E-state index is 0.0102. The number of aliphatic hydroxyl groups is 1. The summed E-state index contributed by atoms with van der Waals surface area (Å²) in [6.07, 6.45) is 16.4. The van der Waals surface area contributed by atoms with Gasteiger partial charge in [-0.2, -0.15) is 0 Å². The van der Waals surface area contributed by atoms with Gasteiger partial charge in [0.05, 0.1) is 18.3 Å². The van der Waals surface area contributed by atoms with Crippen molar-refractivity contribution in [2.75, 3.05) is 27.9 Å². The number of nitrogens with zero attached hydrogens (tertiary/aromatic N) is 1. The molecule has 366 valence electrons. The molecule has 15 atom stereocenters. The van der Waals surface area contributed by atoms with Crippen LogP contribution in [0.15, 0.2) is 47.6 Å². The normalized spacial score (nSPS) is 39.1. The van der Waals surface area contributed by atoms with Crippen LogP contribution in [0.3, 0.4) is 0 Å². The van der Waals surface area contributed by atoms with Gasteiger partial charge >= 0.3 is 5.97 Å². The lowest BCUT2D eigenvalue weighted by Crippen LogP contribution is -2.61. The number of carbonyl (C=O) groups excluding carboxylic acids is 5. The second-order valence-electron chi connectivity index (χ2n) is 20.3. The number of methoxy groups -OCH3 is 3. The molecule has 0 aromatic heterocycles. The van der Waals surface area contributed by atoms with Crippen molar-refractivity contribution in [3.05, 3.63) is 47.6 Å². The van der Waals surface area contributed by atoms with Gasteiger partial charge in [0.15, 0.2) is 5.78 Å². The third-order valence-electron chi connectivity index (χ3n) is 15.3.